The van der Waals surface area contributed by atoms with Crippen molar-refractivity contribution >= 4 is 27.3 Å². The van der Waals surface area contributed by atoms with Gasteiger partial charge in [-0.05, 0) is 30.2 Å². The first kappa shape index (κ1) is 15.9. The number of sulfonamides is 1. The fourth-order valence-electron chi connectivity index (χ4n) is 3.12. The van der Waals surface area contributed by atoms with Crippen LogP contribution in [0.4, 0.5) is 0 Å². The van der Waals surface area contributed by atoms with Gasteiger partial charge in [-0.15, -0.1) is 11.3 Å². The van der Waals surface area contributed by atoms with Gasteiger partial charge < -0.3 is 10.2 Å². The molecule has 6 nitrogen and oxygen atoms in total. The van der Waals surface area contributed by atoms with E-state index < -0.39 is 27.5 Å². The molecule has 0 unspecified atom stereocenters. The third-order valence-electron chi connectivity index (χ3n) is 4.61. The number of aliphatic hydroxyl groups is 1. The number of carbonyl (C=O) groups is 1. The number of hydrogen-bond donors (Lipinski definition) is 2. The molecular formula is C14H19NO5S2. The minimum Gasteiger partial charge on any atom is -0.481 e. The summed E-state index contributed by atoms with van der Waals surface area (Å²) in [5, 5.41) is 21.6. The molecule has 8 heteroatoms. The van der Waals surface area contributed by atoms with Crippen LogP contribution in [0.5, 0.6) is 0 Å². The predicted molar refractivity (Wildman–Crippen MR) is 81.1 cm³/mol. The Labute approximate surface area is 133 Å². The number of aliphatic hydroxyl groups excluding tert-OH is 1. The maximum atomic E-state index is 12.6. The number of piperidine rings is 1. The van der Waals surface area contributed by atoms with E-state index >= 15 is 0 Å². The highest BCUT2D eigenvalue weighted by Gasteiger charge is 2.53. The summed E-state index contributed by atoms with van der Waals surface area (Å²) in [7, 11) is -3.68. The average Bonchev–Trinajstić information content (AvgIpc) is 3.09. The molecule has 2 atom stereocenters. The number of carboxylic acids is 1. The molecule has 1 aliphatic heterocycles. The fraction of sp³-hybridized carbons (Fsp3) is 0.643. The molecule has 1 saturated heterocycles. The maximum Gasteiger partial charge on any atom is 0.313 e. The zero-order valence-corrected chi connectivity index (χ0v) is 13.6. The molecule has 122 valence electrons. The predicted octanol–water partition coefficient (Wildman–Crippen LogP) is 1.37. The van der Waals surface area contributed by atoms with E-state index in [1.165, 1.54) is 10.4 Å². The van der Waals surface area contributed by atoms with Crippen molar-refractivity contribution in [1.82, 2.24) is 4.31 Å². The van der Waals surface area contributed by atoms with Crippen LogP contribution in [0.3, 0.4) is 0 Å². The maximum absolute atomic E-state index is 12.6. The smallest absolute Gasteiger partial charge is 0.313 e. The quantitative estimate of drug-likeness (QED) is 0.840. The van der Waals surface area contributed by atoms with Crippen LogP contribution in [0.1, 0.15) is 25.7 Å². The van der Waals surface area contributed by atoms with Crippen LogP contribution in [0.25, 0.3) is 0 Å². The third kappa shape index (κ3) is 2.68. The van der Waals surface area contributed by atoms with Crippen molar-refractivity contribution in [2.45, 2.75) is 36.0 Å². The minimum absolute atomic E-state index is 0.153. The van der Waals surface area contributed by atoms with Crippen molar-refractivity contribution in [3.05, 3.63) is 17.5 Å². The van der Waals surface area contributed by atoms with Crippen molar-refractivity contribution < 1.29 is 23.4 Å². The fourth-order valence-corrected chi connectivity index (χ4v) is 5.79. The van der Waals surface area contributed by atoms with Gasteiger partial charge in [0.05, 0.1) is 6.10 Å². The van der Waals surface area contributed by atoms with Crippen LogP contribution in [0.15, 0.2) is 21.7 Å². The summed E-state index contributed by atoms with van der Waals surface area (Å²) in [6.45, 7) is 0.00132. The number of aliphatic carboxylic acids is 1. The van der Waals surface area contributed by atoms with E-state index in [1.54, 1.807) is 11.4 Å². The Morgan fingerprint density at radius 2 is 2.14 bits per heavy atom. The summed E-state index contributed by atoms with van der Waals surface area (Å²) in [5.74, 6) is -0.812. The number of carboxylic acid groups (broad SMARTS) is 1. The van der Waals surface area contributed by atoms with Gasteiger partial charge in [-0.2, -0.15) is 4.31 Å². The van der Waals surface area contributed by atoms with E-state index in [1.807, 2.05) is 0 Å². The van der Waals surface area contributed by atoms with Crippen molar-refractivity contribution in [2.24, 2.45) is 11.3 Å². The third-order valence-corrected chi connectivity index (χ3v) is 7.83. The molecule has 1 saturated carbocycles. The highest BCUT2D eigenvalue weighted by molar-refractivity contribution is 7.91. The highest BCUT2D eigenvalue weighted by atomic mass is 32.2. The van der Waals surface area contributed by atoms with Crippen LogP contribution >= 0.6 is 11.3 Å². The van der Waals surface area contributed by atoms with Crippen LogP contribution in [0.2, 0.25) is 0 Å². The average molecular weight is 345 g/mol. The largest absolute Gasteiger partial charge is 0.481 e. The van der Waals surface area contributed by atoms with E-state index in [0.29, 0.717) is 6.42 Å². The molecule has 0 radical (unpaired) electrons. The lowest BCUT2D eigenvalue weighted by Gasteiger charge is -2.42. The Hall–Kier alpha value is -0.960. The van der Waals surface area contributed by atoms with Gasteiger partial charge in [0.2, 0.25) is 0 Å². The van der Waals surface area contributed by atoms with Crippen LogP contribution < -0.4 is 0 Å². The Bertz CT molecular complexity index is 653. The molecule has 0 bridgehead atoms. The van der Waals surface area contributed by atoms with E-state index in [0.717, 1.165) is 24.2 Å². The molecule has 0 aromatic carbocycles. The lowest BCUT2D eigenvalue weighted by atomic mass is 9.74. The molecule has 3 rings (SSSR count). The number of rotatable bonds is 5. The second kappa shape index (κ2) is 5.59. The van der Waals surface area contributed by atoms with Gasteiger partial charge in [0.15, 0.2) is 0 Å². The molecule has 2 heterocycles. The van der Waals surface area contributed by atoms with Gasteiger partial charge >= 0.3 is 5.97 Å². The van der Waals surface area contributed by atoms with Crippen LogP contribution in [-0.2, 0) is 14.8 Å². The summed E-state index contributed by atoms with van der Waals surface area (Å²) >= 11 is 1.12. The Morgan fingerprint density at radius 1 is 1.41 bits per heavy atom. The topological polar surface area (TPSA) is 94.9 Å². The summed E-state index contributed by atoms with van der Waals surface area (Å²) in [6.07, 6.45) is 1.42. The van der Waals surface area contributed by atoms with Gasteiger partial charge in [-0.25, -0.2) is 8.42 Å². The molecule has 0 amide bonds. The zero-order valence-electron chi connectivity index (χ0n) is 12.0. The highest BCUT2D eigenvalue weighted by Crippen LogP contribution is 2.45. The van der Waals surface area contributed by atoms with Gasteiger partial charge in [0, 0.05) is 13.1 Å². The van der Waals surface area contributed by atoms with E-state index in [2.05, 4.69) is 0 Å². The van der Waals surface area contributed by atoms with E-state index in [9.17, 15) is 23.4 Å². The summed E-state index contributed by atoms with van der Waals surface area (Å²) in [4.78, 5) is 11.8. The molecule has 2 aliphatic rings. The normalized spacial score (nSPS) is 30.3. The molecule has 1 aromatic heterocycles. The van der Waals surface area contributed by atoms with Gasteiger partial charge in [0.25, 0.3) is 10.0 Å². The number of hydrogen-bond acceptors (Lipinski definition) is 5. The Kier molecular flexibility index (Phi) is 4.05. The Morgan fingerprint density at radius 3 is 2.68 bits per heavy atom. The summed E-state index contributed by atoms with van der Waals surface area (Å²) < 4.78 is 26.7. The SMILES string of the molecule is O=C(O)[C@@]1(CC2CC2)CN(S(=O)(=O)c2cccs2)CC[C@@H]1O. The first-order chi connectivity index (χ1) is 10.4. The molecule has 2 N–H and O–H groups in total. The summed E-state index contributed by atoms with van der Waals surface area (Å²) in [6, 6.07) is 3.18. The lowest BCUT2D eigenvalue weighted by Crippen LogP contribution is -2.57. The zero-order chi connectivity index (χ0) is 16.0. The minimum atomic E-state index is -3.68. The molecule has 2 fully saturated rings. The standard InChI is InChI=1S/C14H19NO5S2/c16-11-5-6-15(22(19,20)12-2-1-7-21-12)9-14(11,13(17)18)8-10-3-4-10/h1-2,7,10-11,16H,3-6,8-9H2,(H,17,18)/t11-,14-/m0/s1. The molecule has 0 spiro atoms. The van der Waals surface area contributed by atoms with Crippen molar-refractivity contribution in [2.75, 3.05) is 13.1 Å². The summed E-state index contributed by atoms with van der Waals surface area (Å²) in [5.41, 5.74) is -1.39. The van der Waals surface area contributed by atoms with Crippen molar-refractivity contribution in [1.29, 1.82) is 0 Å². The van der Waals surface area contributed by atoms with E-state index in [-0.39, 0.29) is 29.6 Å². The van der Waals surface area contributed by atoms with Gasteiger partial charge in [-0.1, -0.05) is 18.9 Å². The van der Waals surface area contributed by atoms with Gasteiger partial charge in [-0.3, -0.25) is 4.79 Å². The lowest BCUT2D eigenvalue weighted by molar-refractivity contribution is -0.162. The Balaban J connectivity index is 1.90. The molecule has 1 aromatic rings. The number of nitrogens with zero attached hydrogens (tertiary/aromatic N) is 1. The molecule has 1 aliphatic carbocycles. The first-order valence-electron chi connectivity index (χ1n) is 7.31. The first-order valence-corrected chi connectivity index (χ1v) is 9.63. The van der Waals surface area contributed by atoms with Gasteiger partial charge in [0.1, 0.15) is 9.62 Å². The van der Waals surface area contributed by atoms with E-state index in [4.69, 9.17) is 0 Å². The monoisotopic (exact) mass is 345 g/mol. The molecule has 22 heavy (non-hydrogen) atoms. The van der Waals surface area contributed by atoms with Crippen molar-refractivity contribution in [3.63, 3.8) is 0 Å². The molecular weight excluding hydrogens is 326 g/mol. The second-order valence-corrected chi connectivity index (χ2v) is 9.30. The number of thiophene rings is 1. The van der Waals surface area contributed by atoms with Crippen LogP contribution in [0, 0.1) is 11.3 Å². The van der Waals surface area contributed by atoms with Crippen molar-refractivity contribution in [3.8, 4) is 0 Å². The second-order valence-electron chi connectivity index (χ2n) is 6.18. The van der Waals surface area contributed by atoms with Crippen LogP contribution in [-0.4, -0.2) is 48.1 Å².